The molecule has 0 fully saturated rings. The van der Waals surface area contributed by atoms with E-state index >= 15 is 0 Å². The maximum Gasteiger partial charge on any atom is 0.258 e. The lowest BCUT2D eigenvalue weighted by Gasteiger charge is -2.22. The molecule has 1 aliphatic heterocycles. The van der Waals surface area contributed by atoms with E-state index in [2.05, 4.69) is 10.6 Å². The summed E-state index contributed by atoms with van der Waals surface area (Å²) in [6.07, 6.45) is 0. The fraction of sp³-hybridized carbons (Fsp3) is 0.207. The molecular weight excluding hydrogens is 465 g/mol. The third-order valence-corrected chi connectivity index (χ3v) is 6.20. The van der Waals surface area contributed by atoms with Gasteiger partial charge in [-0.2, -0.15) is 0 Å². The van der Waals surface area contributed by atoms with Crippen molar-refractivity contribution in [3.8, 4) is 11.1 Å². The smallest absolute Gasteiger partial charge is 0.258 e. The molecule has 0 saturated carbocycles. The molecule has 0 bridgehead atoms. The fourth-order valence-electron chi connectivity index (χ4n) is 4.29. The molecule has 3 N–H and O–H groups in total. The van der Waals surface area contributed by atoms with Crippen molar-refractivity contribution in [2.45, 2.75) is 13.5 Å². The Morgan fingerprint density at radius 3 is 2.30 bits per heavy atom. The summed E-state index contributed by atoms with van der Waals surface area (Å²) in [7, 11) is 5.64. The van der Waals surface area contributed by atoms with Crippen molar-refractivity contribution in [1.29, 1.82) is 0 Å². The second-order valence-electron chi connectivity index (χ2n) is 9.17. The van der Waals surface area contributed by atoms with Crippen LogP contribution in [0.25, 0.3) is 11.1 Å². The Morgan fingerprint density at radius 2 is 1.62 bits per heavy atom. The number of rotatable bonds is 7. The minimum absolute atomic E-state index is 0.0186. The van der Waals surface area contributed by atoms with Crippen LogP contribution in [0.2, 0.25) is 0 Å². The van der Waals surface area contributed by atoms with Crippen molar-refractivity contribution in [3.05, 3.63) is 95.8 Å². The predicted octanol–water partition coefficient (Wildman–Crippen LogP) is 2.74. The number of hydrogen-bond donors (Lipinski definition) is 3. The van der Waals surface area contributed by atoms with E-state index in [1.165, 1.54) is 0 Å². The summed E-state index contributed by atoms with van der Waals surface area (Å²) in [6, 6.07) is 24.7. The maximum absolute atomic E-state index is 13.0. The highest BCUT2D eigenvalue weighted by molar-refractivity contribution is 6.32. The van der Waals surface area contributed by atoms with Gasteiger partial charge in [-0.25, -0.2) is 0 Å². The molecule has 4 rings (SSSR count). The Hall–Kier alpha value is -4.17. The summed E-state index contributed by atoms with van der Waals surface area (Å²) >= 11 is 0. The molecule has 1 aliphatic rings. The Balaban J connectivity index is 1.36. The van der Waals surface area contributed by atoms with Gasteiger partial charge in [-0.1, -0.05) is 79.1 Å². The minimum Gasteiger partial charge on any atom is -0.511 e. The standard InChI is InChI=1S/C29H28BN3O4/c1-19-16-33(17-20-7-9-22(10-8-20)21-5-3-2-4-6-21)18-25(34)27(28(19)36)29(37)31-15-26(35)32-24-13-11-23(30)12-14-24/h2-14,19,36H,15-18H2,1H3,(H,31,37)(H,32,35)/t19-/m0/s1. The first-order valence-corrected chi connectivity index (χ1v) is 12.1. The summed E-state index contributed by atoms with van der Waals surface area (Å²) < 4.78 is 0. The fourth-order valence-corrected chi connectivity index (χ4v) is 4.29. The molecule has 37 heavy (non-hydrogen) atoms. The van der Waals surface area contributed by atoms with Crippen LogP contribution in [0.5, 0.6) is 0 Å². The number of Topliss-reactive ketones (excluding diaryl/α,β-unsaturated/α-hetero) is 1. The Bertz CT molecular complexity index is 1310. The van der Waals surface area contributed by atoms with Gasteiger partial charge in [0, 0.05) is 24.7 Å². The molecule has 0 aliphatic carbocycles. The van der Waals surface area contributed by atoms with E-state index in [-0.39, 0.29) is 24.4 Å². The van der Waals surface area contributed by atoms with Crippen molar-refractivity contribution in [2.75, 3.05) is 25.0 Å². The number of carbonyl (C=O) groups is 3. The van der Waals surface area contributed by atoms with E-state index in [1.54, 1.807) is 31.2 Å². The molecule has 0 spiro atoms. The lowest BCUT2D eigenvalue weighted by molar-refractivity contribution is -0.125. The largest absolute Gasteiger partial charge is 0.511 e. The minimum atomic E-state index is -0.768. The van der Waals surface area contributed by atoms with Crippen LogP contribution in [-0.2, 0) is 20.9 Å². The molecule has 0 aromatic heterocycles. The zero-order valence-corrected chi connectivity index (χ0v) is 20.6. The predicted molar refractivity (Wildman–Crippen MR) is 144 cm³/mol. The van der Waals surface area contributed by atoms with Gasteiger partial charge in [-0.3, -0.25) is 19.3 Å². The lowest BCUT2D eigenvalue weighted by atomic mass is 9.96. The van der Waals surface area contributed by atoms with E-state index in [9.17, 15) is 19.5 Å². The van der Waals surface area contributed by atoms with E-state index in [0.29, 0.717) is 24.2 Å². The summed E-state index contributed by atoms with van der Waals surface area (Å²) in [5, 5.41) is 15.8. The number of benzene rings is 3. The highest BCUT2D eigenvalue weighted by Gasteiger charge is 2.32. The Kier molecular flexibility index (Phi) is 8.20. The maximum atomic E-state index is 13.0. The van der Waals surface area contributed by atoms with Gasteiger partial charge in [0.1, 0.15) is 19.2 Å². The van der Waals surface area contributed by atoms with Gasteiger partial charge < -0.3 is 15.7 Å². The highest BCUT2D eigenvalue weighted by atomic mass is 16.3. The number of nitrogens with zero attached hydrogens (tertiary/aromatic N) is 1. The summed E-state index contributed by atoms with van der Waals surface area (Å²) in [6.45, 7) is 2.30. The van der Waals surface area contributed by atoms with Crippen molar-refractivity contribution < 1.29 is 19.5 Å². The lowest BCUT2D eigenvalue weighted by Crippen LogP contribution is -2.37. The van der Waals surface area contributed by atoms with Crippen LogP contribution in [0, 0.1) is 5.92 Å². The number of carbonyl (C=O) groups excluding carboxylic acids is 3. The number of aliphatic hydroxyl groups excluding tert-OH is 1. The van der Waals surface area contributed by atoms with E-state index < -0.39 is 23.5 Å². The monoisotopic (exact) mass is 493 g/mol. The summed E-state index contributed by atoms with van der Waals surface area (Å²) in [5.41, 5.74) is 4.04. The van der Waals surface area contributed by atoms with Crippen molar-refractivity contribution >= 4 is 36.6 Å². The molecule has 186 valence electrons. The quantitative estimate of drug-likeness (QED) is 0.348. The van der Waals surface area contributed by atoms with Crippen LogP contribution in [0.15, 0.2) is 90.2 Å². The van der Waals surface area contributed by atoms with Gasteiger partial charge in [0.15, 0.2) is 5.78 Å². The first kappa shape index (κ1) is 25.9. The van der Waals surface area contributed by atoms with Gasteiger partial charge in [0.25, 0.3) is 5.91 Å². The highest BCUT2D eigenvalue weighted by Crippen LogP contribution is 2.23. The molecule has 1 atom stereocenters. The van der Waals surface area contributed by atoms with Crippen LogP contribution in [0.4, 0.5) is 5.69 Å². The van der Waals surface area contributed by atoms with Crippen LogP contribution < -0.4 is 16.1 Å². The molecule has 2 amide bonds. The molecule has 1 heterocycles. The molecule has 7 nitrogen and oxygen atoms in total. The van der Waals surface area contributed by atoms with Crippen molar-refractivity contribution in [3.63, 3.8) is 0 Å². The molecule has 2 radical (unpaired) electrons. The molecule has 8 heteroatoms. The van der Waals surface area contributed by atoms with Gasteiger partial charge in [0.05, 0.1) is 13.1 Å². The van der Waals surface area contributed by atoms with Gasteiger partial charge in [0.2, 0.25) is 5.91 Å². The van der Waals surface area contributed by atoms with Gasteiger partial charge in [-0.05, 0) is 28.8 Å². The molecular formula is C29H28BN3O4. The van der Waals surface area contributed by atoms with Crippen molar-refractivity contribution in [1.82, 2.24) is 10.2 Å². The number of anilines is 1. The van der Waals surface area contributed by atoms with Gasteiger partial charge >= 0.3 is 0 Å². The van der Waals surface area contributed by atoms with Crippen molar-refractivity contribution in [2.24, 2.45) is 5.92 Å². The SMILES string of the molecule is [B]c1ccc(NC(=O)CNC(=O)C2=C(O)[C@@H](C)CN(Cc3ccc(-c4ccccc4)cc3)CC2=O)cc1. The number of ketones is 1. The first-order chi connectivity index (χ1) is 17.8. The van der Waals surface area contributed by atoms with Crippen LogP contribution >= 0.6 is 0 Å². The van der Waals surface area contributed by atoms with Crippen LogP contribution in [0.1, 0.15) is 12.5 Å². The molecule has 0 unspecified atom stereocenters. The average Bonchev–Trinajstić information content (AvgIpc) is 2.99. The first-order valence-electron chi connectivity index (χ1n) is 12.1. The third kappa shape index (κ3) is 6.74. The topological polar surface area (TPSA) is 98.7 Å². The summed E-state index contributed by atoms with van der Waals surface area (Å²) in [5.74, 6) is -2.41. The number of hydrogen-bond acceptors (Lipinski definition) is 5. The van der Waals surface area contributed by atoms with E-state index in [0.717, 1.165) is 16.7 Å². The number of amides is 2. The van der Waals surface area contributed by atoms with Crippen LogP contribution in [0.3, 0.4) is 0 Å². The van der Waals surface area contributed by atoms with E-state index in [1.807, 2.05) is 59.5 Å². The Labute approximate surface area is 217 Å². The average molecular weight is 493 g/mol. The normalized spacial score (nSPS) is 16.2. The molecule has 0 saturated heterocycles. The third-order valence-electron chi connectivity index (χ3n) is 6.20. The Morgan fingerprint density at radius 1 is 0.973 bits per heavy atom. The second-order valence-corrected chi connectivity index (χ2v) is 9.17. The number of aliphatic hydroxyl groups is 1. The van der Waals surface area contributed by atoms with Crippen LogP contribution in [-0.4, -0.2) is 55.1 Å². The number of nitrogens with one attached hydrogen (secondary N) is 2. The molecule has 3 aromatic rings. The zero-order chi connectivity index (χ0) is 26.4. The van der Waals surface area contributed by atoms with E-state index in [4.69, 9.17) is 7.85 Å². The van der Waals surface area contributed by atoms with Gasteiger partial charge in [-0.15, -0.1) is 0 Å². The molecule has 3 aromatic carbocycles. The zero-order valence-electron chi connectivity index (χ0n) is 20.6. The second kappa shape index (κ2) is 11.7. The summed E-state index contributed by atoms with van der Waals surface area (Å²) in [4.78, 5) is 39.9.